The van der Waals surface area contributed by atoms with Gasteiger partial charge in [0.05, 0.1) is 26.8 Å². The molecular weight excluding hydrogens is 268 g/mol. The average molecular weight is 289 g/mol. The summed E-state index contributed by atoms with van der Waals surface area (Å²) in [6, 6.07) is 5.37. The lowest BCUT2D eigenvalue weighted by molar-refractivity contribution is -0.120. The molecule has 0 saturated carbocycles. The molecule has 5 nitrogen and oxygen atoms in total. The van der Waals surface area contributed by atoms with Crippen LogP contribution in [0.3, 0.4) is 0 Å². The highest BCUT2D eigenvalue weighted by Gasteiger charge is 2.14. The number of hydrogen-bond donors (Lipinski definition) is 2. The molecule has 1 atom stereocenters. The van der Waals surface area contributed by atoms with Gasteiger partial charge in [-0.25, -0.2) is 0 Å². The van der Waals surface area contributed by atoms with Gasteiger partial charge in [0.2, 0.25) is 5.91 Å². The van der Waals surface area contributed by atoms with E-state index in [1.165, 1.54) is 0 Å². The number of amides is 1. The zero-order valence-electron chi connectivity index (χ0n) is 11.6. The van der Waals surface area contributed by atoms with E-state index in [-0.39, 0.29) is 30.9 Å². The molecule has 1 unspecified atom stereocenters. The summed E-state index contributed by atoms with van der Waals surface area (Å²) in [4.78, 5) is 11.5. The minimum absolute atomic E-state index is 0. The third-order valence-corrected chi connectivity index (χ3v) is 2.62. The van der Waals surface area contributed by atoms with Crippen molar-refractivity contribution >= 4 is 18.3 Å². The molecule has 0 fully saturated rings. The minimum atomic E-state index is -0.143. The molecule has 0 radical (unpaired) electrons. The van der Waals surface area contributed by atoms with Gasteiger partial charge in [-0.1, -0.05) is 0 Å². The second-order valence-corrected chi connectivity index (χ2v) is 3.93. The Kier molecular flexibility index (Phi) is 7.95. The van der Waals surface area contributed by atoms with Crippen molar-refractivity contribution in [2.75, 3.05) is 27.8 Å². The highest BCUT2D eigenvalue weighted by molar-refractivity contribution is 5.85. The van der Waals surface area contributed by atoms with Crippen LogP contribution < -0.4 is 20.1 Å². The Morgan fingerprint density at radius 1 is 1.32 bits per heavy atom. The van der Waals surface area contributed by atoms with Gasteiger partial charge < -0.3 is 20.1 Å². The normalized spacial score (nSPS) is 11.2. The topological polar surface area (TPSA) is 59.6 Å². The van der Waals surface area contributed by atoms with Crippen LogP contribution in [0, 0.1) is 0 Å². The SMILES string of the molecule is CNCC(=O)NC(C)c1cc(OC)ccc1OC.Cl. The number of methoxy groups -OCH3 is 2. The molecule has 19 heavy (non-hydrogen) atoms. The summed E-state index contributed by atoms with van der Waals surface area (Å²) >= 11 is 0. The number of nitrogens with one attached hydrogen (secondary N) is 2. The molecule has 0 aliphatic heterocycles. The number of rotatable bonds is 6. The molecule has 0 bridgehead atoms. The smallest absolute Gasteiger partial charge is 0.234 e. The first kappa shape index (κ1) is 17.5. The molecule has 6 heteroatoms. The molecule has 1 aromatic rings. The monoisotopic (exact) mass is 288 g/mol. The van der Waals surface area contributed by atoms with Crippen molar-refractivity contribution in [1.82, 2.24) is 10.6 Å². The highest BCUT2D eigenvalue weighted by atomic mass is 35.5. The number of ether oxygens (including phenoxy) is 2. The first-order chi connectivity index (χ1) is 8.62. The number of likely N-dealkylation sites (N-methyl/N-ethyl adjacent to an activating group) is 1. The molecule has 1 aromatic carbocycles. The van der Waals surface area contributed by atoms with E-state index in [1.807, 2.05) is 25.1 Å². The number of carbonyl (C=O) groups is 1. The lowest BCUT2D eigenvalue weighted by atomic mass is 10.1. The van der Waals surface area contributed by atoms with Crippen LogP contribution in [0.1, 0.15) is 18.5 Å². The van der Waals surface area contributed by atoms with E-state index in [9.17, 15) is 4.79 Å². The minimum Gasteiger partial charge on any atom is -0.497 e. The van der Waals surface area contributed by atoms with Crippen molar-refractivity contribution in [1.29, 1.82) is 0 Å². The average Bonchev–Trinajstić information content (AvgIpc) is 2.38. The Bertz CT molecular complexity index is 413. The van der Waals surface area contributed by atoms with E-state index >= 15 is 0 Å². The largest absolute Gasteiger partial charge is 0.497 e. The quantitative estimate of drug-likeness (QED) is 0.833. The van der Waals surface area contributed by atoms with E-state index in [2.05, 4.69) is 10.6 Å². The van der Waals surface area contributed by atoms with Crippen LogP contribution in [0.15, 0.2) is 18.2 Å². The molecule has 2 N–H and O–H groups in total. The first-order valence-electron chi connectivity index (χ1n) is 5.78. The predicted octanol–water partition coefficient (Wildman–Crippen LogP) is 1.52. The summed E-state index contributed by atoms with van der Waals surface area (Å²) in [5.41, 5.74) is 0.890. The number of carbonyl (C=O) groups excluding carboxylic acids is 1. The maximum atomic E-state index is 11.5. The lowest BCUT2D eigenvalue weighted by Crippen LogP contribution is -2.34. The Morgan fingerprint density at radius 2 is 2.00 bits per heavy atom. The molecule has 0 aliphatic rings. The third kappa shape index (κ3) is 4.96. The second kappa shape index (κ2) is 8.61. The number of benzene rings is 1. The van der Waals surface area contributed by atoms with E-state index in [0.717, 1.165) is 17.1 Å². The van der Waals surface area contributed by atoms with Gasteiger partial charge in [0, 0.05) is 5.56 Å². The van der Waals surface area contributed by atoms with E-state index < -0.39 is 0 Å². The van der Waals surface area contributed by atoms with Crippen molar-refractivity contribution in [3.8, 4) is 11.5 Å². The summed E-state index contributed by atoms with van der Waals surface area (Å²) in [6.45, 7) is 2.20. The molecule has 0 aromatic heterocycles. The van der Waals surface area contributed by atoms with Crippen molar-refractivity contribution in [2.45, 2.75) is 13.0 Å². The van der Waals surface area contributed by atoms with Gasteiger partial charge in [-0.15, -0.1) is 12.4 Å². The van der Waals surface area contributed by atoms with Crippen molar-refractivity contribution < 1.29 is 14.3 Å². The lowest BCUT2D eigenvalue weighted by Gasteiger charge is -2.18. The summed E-state index contributed by atoms with van der Waals surface area (Å²) < 4.78 is 10.5. The molecule has 0 spiro atoms. The van der Waals surface area contributed by atoms with Crippen LogP contribution in [-0.2, 0) is 4.79 Å². The second-order valence-electron chi connectivity index (χ2n) is 3.93. The Hall–Kier alpha value is -1.46. The van der Waals surface area contributed by atoms with Crippen molar-refractivity contribution in [3.05, 3.63) is 23.8 Å². The van der Waals surface area contributed by atoms with Gasteiger partial charge in [-0.05, 0) is 32.2 Å². The fourth-order valence-electron chi connectivity index (χ4n) is 1.71. The first-order valence-corrected chi connectivity index (χ1v) is 5.78. The fourth-order valence-corrected chi connectivity index (χ4v) is 1.71. The van der Waals surface area contributed by atoms with Gasteiger partial charge in [-0.2, -0.15) is 0 Å². The molecule has 1 rings (SSSR count). The molecule has 0 saturated heterocycles. The maximum absolute atomic E-state index is 11.5. The van der Waals surface area contributed by atoms with E-state index in [0.29, 0.717) is 0 Å². The summed E-state index contributed by atoms with van der Waals surface area (Å²) in [7, 11) is 4.94. The maximum Gasteiger partial charge on any atom is 0.234 e. The molecule has 0 aliphatic carbocycles. The van der Waals surface area contributed by atoms with Crippen LogP contribution in [0.2, 0.25) is 0 Å². The standard InChI is InChI=1S/C13H20N2O3.ClH/c1-9(15-13(16)8-14-2)11-7-10(17-3)5-6-12(11)18-4;/h5-7,9,14H,8H2,1-4H3,(H,15,16);1H. The van der Waals surface area contributed by atoms with Crippen LogP contribution in [0.25, 0.3) is 0 Å². The molecular formula is C13H21ClN2O3. The van der Waals surface area contributed by atoms with Crippen LogP contribution in [-0.4, -0.2) is 33.7 Å². The fraction of sp³-hybridized carbons (Fsp3) is 0.462. The molecule has 1 amide bonds. The summed E-state index contributed by atoms with van der Waals surface area (Å²) in [5, 5.41) is 5.69. The highest BCUT2D eigenvalue weighted by Crippen LogP contribution is 2.29. The Morgan fingerprint density at radius 3 is 2.53 bits per heavy atom. The van der Waals surface area contributed by atoms with Crippen LogP contribution in [0.5, 0.6) is 11.5 Å². The van der Waals surface area contributed by atoms with Crippen molar-refractivity contribution in [2.24, 2.45) is 0 Å². The van der Waals surface area contributed by atoms with E-state index in [1.54, 1.807) is 21.3 Å². The Labute approximate surface area is 120 Å². The van der Waals surface area contributed by atoms with Gasteiger partial charge in [0.1, 0.15) is 11.5 Å². The molecule has 0 heterocycles. The molecule has 108 valence electrons. The van der Waals surface area contributed by atoms with Crippen LogP contribution in [0.4, 0.5) is 0 Å². The van der Waals surface area contributed by atoms with Gasteiger partial charge in [0.25, 0.3) is 0 Å². The van der Waals surface area contributed by atoms with E-state index in [4.69, 9.17) is 9.47 Å². The zero-order valence-corrected chi connectivity index (χ0v) is 12.5. The summed E-state index contributed by atoms with van der Waals surface area (Å²) in [6.07, 6.45) is 0. The van der Waals surface area contributed by atoms with Crippen LogP contribution >= 0.6 is 12.4 Å². The number of hydrogen-bond acceptors (Lipinski definition) is 4. The predicted molar refractivity (Wildman–Crippen MR) is 77.3 cm³/mol. The van der Waals surface area contributed by atoms with Crippen molar-refractivity contribution in [3.63, 3.8) is 0 Å². The van der Waals surface area contributed by atoms with Gasteiger partial charge >= 0.3 is 0 Å². The third-order valence-electron chi connectivity index (χ3n) is 2.62. The van der Waals surface area contributed by atoms with Gasteiger partial charge in [0.15, 0.2) is 0 Å². The summed E-state index contributed by atoms with van der Waals surface area (Å²) in [5.74, 6) is 1.41. The zero-order chi connectivity index (χ0) is 13.5. The Balaban J connectivity index is 0.00000324. The van der Waals surface area contributed by atoms with Gasteiger partial charge in [-0.3, -0.25) is 4.79 Å². The number of halogens is 1.